The fourth-order valence-corrected chi connectivity index (χ4v) is 0.496. The van der Waals surface area contributed by atoms with E-state index in [2.05, 4.69) is 20.8 Å². The van der Waals surface area contributed by atoms with Crippen LogP contribution in [0.15, 0.2) is 12.2 Å². The van der Waals surface area contributed by atoms with E-state index in [-0.39, 0.29) is 0 Å². The lowest BCUT2D eigenvalue weighted by molar-refractivity contribution is 0.0546. The highest BCUT2D eigenvalue weighted by Crippen LogP contribution is 2.04. The van der Waals surface area contributed by atoms with Crippen LogP contribution in [0.2, 0.25) is 0 Å². The van der Waals surface area contributed by atoms with Crippen LogP contribution >= 0.6 is 0 Å². The first-order valence-electron chi connectivity index (χ1n) is 3.91. The molecule has 0 bridgehead atoms. The van der Waals surface area contributed by atoms with Gasteiger partial charge in [-0.3, -0.25) is 0 Å². The summed E-state index contributed by atoms with van der Waals surface area (Å²) < 4.78 is 5.46. The number of allylic oxidation sites excluding steroid dienone is 1. The average molecular weight is 142 g/mol. The lowest BCUT2D eigenvalue weighted by Gasteiger charge is -2.14. The molecule has 0 spiro atoms. The van der Waals surface area contributed by atoms with E-state index in [0.29, 0.717) is 12.0 Å². The minimum atomic E-state index is 0.371. The molecule has 0 heterocycles. The van der Waals surface area contributed by atoms with Crippen molar-refractivity contribution in [2.24, 2.45) is 5.92 Å². The van der Waals surface area contributed by atoms with Gasteiger partial charge in [0.1, 0.15) is 0 Å². The molecule has 60 valence electrons. The second kappa shape index (κ2) is 5.48. The smallest absolute Gasteiger partial charge is 0.0651 e. The zero-order valence-electron chi connectivity index (χ0n) is 7.42. The van der Waals surface area contributed by atoms with Gasteiger partial charge in [-0.1, -0.05) is 26.0 Å². The third-order valence-corrected chi connectivity index (χ3v) is 1.63. The van der Waals surface area contributed by atoms with Crippen LogP contribution in [-0.2, 0) is 4.74 Å². The van der Waals surface area contributed by atoms with Gasteiger partial charge in [0, 0.05) is 0 Å². The van der Waals surface area contributed by atoms with E-state index in [1.807, 2.05) is 19.1 Å². The maximum atomic E-state index is 5.46. The van der Waals surface area contributed by atoms with E-state index in [0.717, 1.165) is 6.61 Å². The molecule has 0 fully saturated rings. The third-order valence-electron chi connectivity index (χ3n) is 1.63. The highest BCUT2D eigenvalue weighted by Gasteiger charge is 2.04. The predicted molar refractivity (Wildman–Crippen MR) is 45.1 cm³/mol. The summed E-state index contributed by atoms with van der Waals surface area (Å²) in [5, 5.41) is 0. The molecule has 0 saturated carbocycles. The first-order chi connectivity index (χ1) is 4.68. The molecule has 0 aliphatic heterocycles. The van der Waals surface area contributed by atoms with Gasteiger partial charge in [-0.2, -0.15) is 0 Å². The molecule has 0 N–H and O–H groups in total. The largest absolute Gasteiger partial charge is 0.374 e. The Kier molecular flexibility index (Phi) is 5.32. The van der Waals surface area contributed by atoms with E-state index >= 15 is 0 Å². The Morgan fingerprint density at radius 3 is 2.30 bits per heavy atom. The van der Waals surface area contributed by atoms with Crippen molar-refractivity contribution in [3.05, 3.63) is 12.2 Å². The molecule has 0 aromatic rings. The lowest BCUT2D eigenvalue weighted by atomic mass is 10.1. The predicted octanol–water partition coefficient (Wildman–Crippen LogP) is 2.62. The molecular weight excluding hydrogens is 124 g/mol. The Morgan fingerprint density at radius 2 is 1.90 bits per heavy atom. The molecule has 0 aliphatic carbocycles. The van der Waals surface area contributed by atoms with Crippen molar-refractivity contribution in [3.8, 4) is 0 Å². The van der Waals surface area contributed by atoms with Crippen molar-refractivity contribution in [2.45, 2.75) is 33.8 Å². The van der Waals surface area contributed by atoms with Crippen molar-refractivity contribution in [2.75, 3.05) is 6.61 Å². The van der Waals surface area contributed by atoms with E-state index in [4.69, 9.17) is 4.74 Å². The monoisotopic (exact) mass is 142 g/mol. The molecular formula is C9H18O. The fraction of sp³-hybridized carbons (Fsp3) is 0.778. The van der Waals surface area contributed by atoms with Gasteiger partial charge in [0.25, 0.3) is 0 Å². The number of rotatable bonds is 4. The normalized spacial score (nSPS) is 14.9. The topological polar surface area (TPSA) is 9.23 Å². The maximum Gasteiger partial charge on any atom is 0.0651 e. The SMILES string of the molecule is CC=CCOC(C)C(C)C. The molecule has 1 nitrogen and oxygen atoms in total. The molecule has 1 unspecified atom stereocenters. The highest BCUT2D eigenvalue weighted by molar-refractivity contribution is 4.76. The van der Waals surface area contributed by atoms with Crippen LogP contribution < -0.4 is 0 Å². The Labute approximate surface area is 64.1 Å². The number of hydrogen-bond donors (Lipinski definition) is 0. The summed E-state index contributed by atoms with van der Waals surface area (Å²) in [6.45, 7) is 9.19. The molecule has 0 amide bonds. The molecule has 1 atom stereocenters. The second-order valence-electron chi connectivity index (χ2n) is 2.85. The summed E-state index contributed by atoms with van der Waals surface area (Å²) in [6, 6.07) is 0. The summed E-state index contributed by atoms with van der Waals surface area (Å²) in [6.07, 6.45) is 4.41. The molecule has 0 rings (SSSR count). The fourth-order valence-electron chi connectivity index (χ4n) is 0.496. The molecule has 0 aromatic heterocycles. The van der Waals surface area contributed by atoms with Crippen LogP contribution in [0.5, 0.6) is 0 Å². The minimum Gasteiger partial charge on any atom is -0.374 e. The molecule has 10 heavy (non-hydrogen) atoms. The zero-order chi connectivity index (χ0) is 7.98. The van der Waals surface area contributed by atoms with Gasteiger partial charge in [-0.15, -0.1) is 0 Å². The van der Waals surface area contributed by atoms with Crippen molar-refractivity contribution in [1.82, 2.24) is 0 Å². The van der Waals surface area contributed by atoms with Gasteiger partial charge in [-0.05, 0) is 19.8 Å². The summed E-state index contributed by atoms with van der Waals surface area (Å²) in [5.74, 6) is 0.616. The minimum absolute atomic E-state index is 0.371. The number of ether oxygens (including phenoxy) is 1. The Balaban J connectivity index is 3.30. The first kappa shape index (κ1) is 9.70. The molecule has 1 heteroatoms. The van der Waals surface area contributed by atoms with Crippen LogP contribution in [0.3, 0.4) is 0 Å². The maximum absolute atomic E-state index is 5.46. The Hall–Kier alpha value is -0.300. The van der Waals surface area contributed by atoms with Gasteiger partial charge >= 0.3 is 0 Å². The first-order valence-corrected chi connectivity index (χ1v) is 3.91. The van der Waals surface area contributed by atoms with Crippen LogP contribution in [0, 0.1) is 5.92 Å². The van der Waals surface area contributed by atoms with E-state index in [9.17, 15) is 0 Å². The summed E-state index contributed by atoms with van der Waals surface area (Å²) in [5.41, 5.74) is 0. The third kappa shape index (κ3) is 4.57. The quantitative estimate of drug-likeness (QED) is 0.548. The molecule has 0 radical (unpaired) electrons. The summed E-state index contributed by atoms with van der Waals surface area (Å²) in [7, 11) is 0. The molecule has 0 aromatic carbocycles. The van der Waals surface area contributed by atoms with E-state index in [1.54, 1.807) is 0 Å². The van der Waals surface area contributed by atoms with E-state index < -0.39 is 0 Å². The lowest BCUT2D eigenvalue weighted by Crippen LogP contribution is -2.15. The van der Waals surface area contributed by atoms with Crippen LogP contribution in [0.4, 0.5) is 0 Å². The Morgan fingerprint density at radius 1 is 1.30 bits per heavy atom. The second-order valence-corrected chi connectivity index (χ2v) is 2.85. The van der Waals surface area contributed by atoms with Gasteiger partial charge in [-0.25, -0.2) is 0 Å². The van der Waals surface area contributed by atoms with Crippen LogP contribution in [0.1, 0.15) is 27.7 Å². The summed E-state index contributed by atoms with van der Waals surface area (Å²) in [4.78, 5) is 0. The standard InChI is InChI=1S/C9H18O/c1-5-6-7-10-9(4)8(2)3/h5-6,8-9H,7H2,1-4H3. The zero-order valence-corrected chi connectivity index (χ0v) is 7.42. The van der Waals surface area contributed by atoms with Gasteiger partial charge < -0.3 is 4.74 Å². The molecule has 0 aliphatic rings. The van der Waals surface area contributed by atoms with Gasteiger partial charge in [0.15, 0.2) is 0 Å². The summed E-state index contributed by atoms with van der Waals surface area (Å²) >= 11 is 0. The van der Waals surface area contributed by atoms with Gasteiger partial charge in [0.2, 0.25) is 0 Å². The highest BCUT2D eigenvalue weighted by atomic mass is 16.5. The van der Waals surface area contributed by atoms with Gasteiger partial charge in [0.05, 0.1) is 12.7 Å². The van der Waals surface area contributed by atoms with Crippen molar-refractivity contribution >= 4 is 0 Å². The molecule has 0 saturated heterocycles. The number of hydrogen-bond acceptors (Lipinski definition) is 1. The van der Waals surface area contributed by atoms with Crippen molar-refractivity contribution in [3.63, 3.8) is 0 Å². The average Bonchev–Trinajstić information content (AvgIpc) is 1.88. The van der Waals surface area contributed by atoms with Crippen LogP contribution in [0.25, 0.3) is 0 Å². The van der Waals surface area contributed by atoms with Crippen molar-refractivity contribution < 1.29 is 4.74 Å². The van der Waals surface area contributed by atoms with Crippen molar-refractivity contribution in [1.29, 1.82) is 0 Å². The van der Waals surface area contributed by atoms with E-state index in [1.165, 1.54) is 0 Å². The Bertz CT molecular complexity index is 94.9. The van der Waals surface area contributed by atoms with Crippen LogP contribution in [-0.4, -0.2) is 12.7 Å².